The molecule has 204 valence electrons. The maximum absolute atomic E-state index is 13.4. The number of ether oxygens (including phenoxy) is 2. The van der Waals surface area contributed by atoms with E-state index in [0.29, 0.717) is 30.8 Å². The fourth-order valence-corrected chi connectivity index (χ4v) is 4.66. The molecule has 0 bridgehead atoms. The number of nitrogens with one attached hydrogen (secondary N) is 2. The average molecular weight is 534 g/mol. The van der Waals surface area contributed by atoms with Gasteiger partial charge >= 0.3 is 6.18 Å². The number of rotatable bonds is 6. The molecule has 11 heteroatoms. The second kappa shape index (κ2) is 11.4. The Kier molecular flexibility index (Phi) is 8.25. The molecule has 3 amide bonds. The van der Waals surface area contributed by atoms with E-state index in [4.69, 9.17) is 9.47 Å². The van der Waals surface area contributed by atoms with Crippen molar-refractivity contribution in [2.24, 2.45) is 0 Å². The Bertz CT molecular complexity index is 1190. The summed E-state index contributed by atoms with van der Waals surface area (Å²) in [5, 5.41) is 5.47. The van der Waals surface area contributed by atoms with Gasteiger partial charge in [-0.3, -0.25) is 14.4 Å². The highest BCUT2D eigenvalue weighted by molar-refractivity contribution is 6.05. The van der Waals surface area contributed by atoms with Crippen molar-refractivity contribution < 1.29 is 37.0 Å². The lowest BCUT2D eigenvalue weighted by Gasteiger charge is -2.42. The van der Waals surface area contributed by atoms with Gasteiger partial charge in [0.05, 0.1) is 29.7 Å². The molecule has 0 spiro atoms. The van der Waals surface area contributed by atoms with E-state index in [1.807, 2.05) is 6.92 Å². The molecular weight excluding hydrogens is 503 g/mol. The van der Waals surface area contributed by atoms with E-state index < -0.39 is 23.8 Å². The van der Waals surface area contributed by atoms with Crippen LogP contribution < -0.4 is 15.4 Å². The topological polar surface area (TPSA) is 97.0 Å². The van der Waals surface area contributed by atoms with E-state index in [0.717, 1.165) is 30.7 Å². The second-order valence-electron chi connectivity index (χ2n) is 9.46. The Morgan fingerprint density at radius 1 is 1.11 bits per heavy atom. The number of anilines is 1. The molecule has 1 fully saturated rings. The van der Waals surface area contributed by atoms with Gasteiger partial charge in [-0.1, -0.05) is 6.92 Å². The molecule has 38 heavy (non-hydrogen) atoms. The monoisotopic (exact) mass is 533 g/mol. The van der Waals surface area contributed by atoms with Crippen LogP contribution in [-0.2, 0) is 15.7 Å². The number of hydrogen-bond acceptors (Lipinski definition) is 5. The smallest absolute Gasteiger partial charge is 0.416 e. The second-order valence-corrected chi connectivity index (χ2v) is 9.46. The summed E-state index contributed by atoms with van der Waals surface area (Å²) in [6.07, 6.45) is -2.81. The number of amides is 3. The quantitative estimate of drug-likeness (QED) is 0.579. The SMILES string of the molecule is CCCNC(=O)C[C@H]1CC[C@@H]2[C@H](COc3ccc(NC(=O)c4ccc(C(F)(F)F)cc4)cc3C(=O)N2C)O1. The van der Waals surface area contributed by atoms with Crippen LogP contribution in [0.4, 0.5) is 18.9 Å². The first-order chi connectivity index (χ1) is 18.1. The molecule has 1 saturated heterocycles. The summed E-state index contributed by atoms with van der Waals surface area (Å²) < 4.78 is 50.5. The van der Waals surface area contributed by atoms with Crippen LogP contribution in [0.3, 0.4) is 0 Å². The van der Waals surface area contributed by atoms with E-state index >= 15 is 0 Å². The van der Waals surface area contributed by atoms with Crippen molar-refractivity contribution in [2.75, 3.05) is 25.5 Å². The minimum Gasteiger partial charge on any atom is -0.490 e. The molecule has 0 radical (unpaired) electrons. The van der Waals surface area contributed by atoms with Gasteiger partial charge in [-0.25, -0.2) is 0 Å². The highest BCUT2D eigenvalue weighted by Crippen LogP contribution is 2.33. The van der Waals surface area contributed by atoms with E-state index in [-0.39, 0.29) is 48.1 Å². The molecular formula is C27H30F3N3O5. The lowest BCUT2D eigenvalue weighted by atomic mass is 9.94. The maximum Gasteiger partial charge on any atom is 0.416 e. The largest absolute Gasteiger partial charge is 0.490 e. The Hall–Kier alpha value is -3.60. The van der Waals surface area contributed by atoms with Crippen molar-refractivity contribution in [2.45, 2.75) is 57.0 Å². The third-order valence-electron chi connectivity index (χ3n) is 6.73. The zero-order chi connectivity index (χ0) is 27.4. The molecule has 0 aromatic heterocycles. The zero-order valence-electron chi connectivity index (χ0n) is 21.1. The van der Waals surface area contributed by atoms with Crippen LogP contribution >= 0.6 is 0 Å². The fourth-order valence-electron chi connectivity index (χ4n) is 4.66. The molecule has 8 nitrogen and oxygen atoms in total. The number of likely N-dealkylation sites (N-methyl/N-ethyl adjacent to an activating group) is 1. The van der Waals surface area contributed by atoms with Gasteiger partial charge in [0.2, 0.25) is 5.91 Å². The van der Waals surface area contributed by atoms with Crippen LogP contribution in [0.1, 0.15) is 58.9 Å². The molecule has 2 aromatic rings. The Morgan fingerprint density at radius 2 is 1.84 bits per heavy atom. The van der Waals surface area contributed by atoms with Crippen molar-refractivity contribution in [3.05, 3.63) is 59.2 Å². The van der Waals surface area contributed by atoms with Crippen molar-refractivity contribution >= 4 is 23.4 Å². The van der Waals surface area contributed by atoms with Gasteiger partial charge in [0.25, 0.3) is 11.8 Å². The van der Waals surface area contributed by atoms with Gasteiger partial charge < -0.3 is 25.0 Å². The number of fused-ring (bicyclic) bond motifs is 2. The normalized spacial score (nSPS) is 21.3. The first kappa shape index (κ1) is 27.4. The van der Waals surface area contributed by atoms with E-state index in [9.17, 15) is 27.6 Å². The first-order valence-electron chi connectivity index (χ1n) is 12.5. The third kappa shape index (κ3) is 6.27. The lowest BCUT2D eigenvalue weighted by Crippen LogP contribution is -2.54. The van der Waals surface area contributed by atoms with Gasteiger partial charge in [0, 0.05) is 24.8 Å². The minimum absolute atomic E-state index is 0.0459. The minimum atomic E-state index is -4.50. The average Bonchev–Trinajstić information content (AvgIpc) is 2.89. The summed E-state index contributed by atoms with van der Waals surface area (Å²) in [5.41, 5.74) is -0.257. The summed E-state index contributed by atoms with van der Waals surface area (Å²) in [4.78, 5) is 39.7. The Morgan fingerprint density at radius 3 is 2.53 bits per heavy atom. The van der Waals surface area contributed by atoms with Crippen LogP contribution in [0.2, 0.25) is 0 Å². The Labute approximate surface area is 218 Å². The van der Waals surface area contributed by atoms with Gasteiger partial charge in [-0.2, -0.15) is 13.2 Å². The molecule has 0 saturated carbocycles. The third-order valence-corrected chi connectivity index (χ3v) is 6.73. The van der Waals surface area contributed by atoms with Crippen molar-refractivity contribution in [1.82, 2.24) is 10.2 Å². The maximum atomic E-state index is 13.4. The van der Waals surface area contributed by atoms with Crippen molar-refractivity contribution in [3.8, 4) is 5.75 Å². The molecule has 2 heterocycles. The number of nitrogens with zero attached hydrogens (tertiary/aromatic N) is 1. The summed E-state index contributed by atoms with van der Waals surface area (Å²) >= 11 is 0. The standard InChI is InChI=1S/C27H30F3N3O5/c1-3-12-31-24(34)14-19-9-10-21-23(38-19)15-37-22-11-8-18(13-20(22)26(36)33(21)2)32-25(35)16-4-6-17(7-5-16)27(28,29)30/h4-8,11,13,19,21,23H,3,9-10,12,14-15H2,1-2H3,(H,31,34)(H,32,35)/t19-,21-,23+/m1/s1. The highest BCUT2D eigenvalue weighted by Gasteiger charge is 2.39. The van der Waals surface area contributed by atoms with E-state index in [1.165, 1.54) is 6.07 Å². The number of halogens is 3. The predicted molar refractivity (Wildman–Crippen MR) is 133 cm³/mol. The summed E-state index contributed by atoms with van der Waals surface area (Å²) in [5.74, 6) is -0.675. The lowest BCUT2D eigenvalue weighted by molar-refractivity contribution is -0.137. The molecule has 4 rings (SSSR count). The highest BCUT2D eigenvalue weighted by atomic mass is 19.4. The molecule has 2 aliphatic rings. The van der Waals surface area contributed by atoms with Crippen molar-refractivity contribution in [3.63, 3.8) is 0 Å². The van der Waals surface area contributed by atoms with Gasteiger partial charge in [0.1, 0.15) is 18.5 Å². The predicted octanol–water partition coefficient (Wildman–Crippen LogP) is 4.25. The zero-order valence-corrected chi connectivity index (χ0v) is 21.1. The molecule has 0 unspecified atom stereocenters. The summed E-state index contributed by atoms with van der Waals surface area (Å²) in [6.45, 7) is 2.77. The number of hydrogen-bond donors (Lipinski definition) is 2. The molecule has 2 aliphatic heterocycles. The van der Waals surface area contributed by atoms with E-state index in [2.05, 4.69) is 10.6 Å². The van der Waals surface area contributed by atoms with Crippen LogP contribution in [0.5, 0.6) is 5.75 Å². The van der Waals surface area contributed by atoms with Crippen molar-refractivity contribution in [1.29, 1.82) is 0 Å². The molecule has 2 N–H and O–H groups in total. The van der Waals surface area contributed by atoms with Crippen LogP contribution in [-0.4, -0.2) is 61.1 Å². The van der Waals surface area contributed by atoms with Crippen LogP contribution in [0.25, 0.3) is 0 Å². The fraction of sp³-hybridized carbons (Fsp3) is 0.444. The van der Waals surface area contributed by atoms with Crippen LogP contribution in [0, 0.1) is 0 Å². The first-order valence-corrected chi connectivity index (χ1v) is 12.5. The summed E-state index contributed by atoms with van der Waals surface area (Å²) in [6, 6.07) is 8.21. The van der Waals surface area contributed by atoms with Gasteiger partial charge in [-0.15, -0.1) is 0 Å². The number of carbonyl (C=O) groups is 3. The van der Waals surface area contributed by atoms with Crippen LogP contribution in [0.15, 0.2) is 42.5 Å². The van der Waals surface area contributed by atoms with Gasteiger partial charge in [-0.05, 0) is 61.7 Å². The number of carbonyl (C=O) groups excluding carboxylic acids is 3. The van der Waals surface area contributed by atoms with E-state index in [1.54, 1.807) is 24.1 Å². The Balaban J connectivity index is 1.45. The number of alkyl halides is 3. The number of benzene rings is 2. The molecule has 2 aromatic carbocycles. The summed E-state index contributed by atoms with van der Waals surface area (Å²) in [7, 11) is 1.68. The molecule has 0 aliphatic carbocycles. The molecule has 3 atom stereocenters. The van der Waals surface area contributed by atoms with Gasteiger partial charge in [0.15, 0.2) is 0 Å².